The molecule has 0 spiro atoms. The third-order valence-electron chi connectivity index (χ3n) is 3.11. The first-order chi connectivity index (χ1) is 9.02. The molecular formula is C15H15Cl2NO. The Labute approximate surface area is 123 Å². The smallest absolute Gasteiger partial charge is 0.137 e. The number of hydrogen-bond acceptors (Lipinski definition) is 2. The zero-order valence-corrected chi connectivity index (χ0v) is 12.3. The highest BCUT2D eigenvalue weighted by molar-refractivity contribution is 6.32. The predicted molar refractivity (Wildman–Crippen MR) is 80.2 cm³/mol. The molecule has 0 aliphatic heterocycles. The van der Waals surface area contributed by atoms with E-state index in [0.717, 1.165) is 16.7 Å². The second kappa shape index (κ2) is 5.83. The van der Waals surface area contributed by atoms with Gasteiger partial charge in [-0.05, 0) is 47.9 Å². The van der Waals surface area contributed by atoms with Crippen LogP contribution in [0.2, 0.25) is 10.0 Å². The Morgan fingerprint density at radius 2 is 1.84 bits per heavy atom. The Kier molecular flexibility index (Phi) is 4.35. The fraction of sp³-hybridized carbons (Fsp3) is 0.200. The first kappa shape index (κ1) is 14.2. The van der Waals surface area contributed by atoms with Gasteiger partial charge in [-0.2, -0.15) is 0 Å². The van der Waals surface area contributed by atoms with Crippen LogP contribution in [0.25, 0.3) is 0 Å². The van der Waals surface area contributed by atoms with E-state index in [2.05, 4.69) is 0 Å². The third-order valence-corrected chi connectivity index (χ3v) is 3.66. The fourth-order valence-corrected chi connectivity index (χ4v) is 2.37. The summed E-state index contributed by atoms with van der Waals surface area (Å²) in [7, 11) is 1.58. The Morgan fingerprint density at radius 1 is 1.11 bits per heavy atom. The molecule has 0 radical (unpaired) electrons. The van der Waals surface area contributed by atoms with E-state index in [1.807, 2.05) is 37.3 Å². The standard InChI is InChI=1S/C15H15Cl2NO/c1-9-3-5-11(16)8-12(9)15(18)10-4-6-13(17)14(7-10)19-2/h3-8,15H,18H2,1-2H3. The van der Waals surface area contributed by atoms with Gasteiger partial charge in [0, 0.05) is 5.02 Å². The summed E-state index contributed by atoms with van der Waals surface area (Å²) in [5.41, 5.74) is 9.34. The molecule has 0 amide bonds. The molecule has 2 aromatic carbocycles. The van der Waals surface area contributed by atoms with Crippen LogP contribution in [0.15, 0.2) is 36.4 Å². The van der Waals surface area contributed by atoms with Crippen molar-refractivity contribution in [3.8, 4) is 5.75 Å². The first-order valence-electron chi connectivity index (χ1n) is 5.88. The molecule has 19 heavy (non-hydrogen) atoms. The van der Waals surface area contributed by atoms with Gasteiger partial charge < -0.3 is 10.5 Å². The van der Waals surface area contributed by atoms with E-state index in [-0.39, 0.29) is 6.04 Å². The SMILES string of the molecule is COc1cc(C(N)c2cc(Cl)ccc2C)ccc1Cl. The summed E-state index contributed by atoms with van der Waals surface area (Å²) in [5, 5.41) is 1.25. The second-order valence-electron chi connectivity index (χ2n) is 4.37. The highest BCUT2D eigenvalue weighted by atomic mass is 35.5. The van der Waals surface area contributed by atoms with Gasteiger partial charge in [0.1, 0.15) is 5.75 Å². The van der Waals surface area contributed by atoms with Gasteiger partial charge in [0.25, 0.3) is 0 Å². The lowest BCUT2D eigenvalue weighted by Gasteiger charge is -2.17. The quantitative estimate of drug-likeness (QED) is 0.913. The van der Waals surface area contributed by atoms with Crippen molar-refractivity contribution >= 4 is 23.2 Å². The molecule has 4 heteroatoms. The van der Waals surface area contributed by atoms with Crippen molar-refractivity contribution in [3.05, 3.63) is 63.1 Å². The maximum atomic E-state index is 6.30. The van der Waals surface area contributed by atoms with E-state index in [1.54, 1.807) is 13.2 Å². The molecule has 0 aliphatic carbocycles. The molecule has 100 valence electrons. The van der Waals surface area contributed by atoms with Crippen molar-refractivity contribution in [1.29, 1.82) is 0 Å². The van der Waals surface area contributed by atoms with Gasteiger partial charge in [-0.15, -0.1) is 0 Å². The second-order valence-corrected chi connectivity index (χ2v) is 5.22. The number of nitrogens with two attached hydrogens (primary N) is 1. The van der Waals surface area contributed by atoms with Gasteiger partial charge >= 0.3 is 0 Å². The van der Waals surface area contributed by atoms with Gasteiger partial charge in [0.05, 0.1) is 18.2 Å². The van der Waals surface area contributed by atoms with E-state index in [0.29, 0.717) is 15.8 Å². The highest BCUT2D eigenvalue weighted by Crippen LogP contribution is 2.31. The summed E-state index contributed by atoms with van der Waals surface area (Å²) in [6, 6.07) is 11.0. The summed E-state index contributed by atoms with van der Waals surface area (Å²) in [5.74, 6) is 0.620. The number of benzene rings is 2. The minimum atomic E-state index is -0.259. The van der Waals surface area contributed by atoms with Crippen molar-refractivity contribution < 1.29 is 4.74 Å². The van der Waals surface area contributed by atoms with Crippen LogP contribution in [-0.4, -0.2) is 7.11 Å². The Balaban J connectivity index is 2.43. The molecular weight excluding hydrogens is 281 g/mol. The number of halogens is 2. The average molecular weight is 296 g/mol. The molecule has 1 unspecified atom stereocenters. The lowest BCUT2D eigenvalue weighted by atomic mass is 9.96. The van der Waals surface area contributed by atoms with Crippen LogP contribution in [0.5, 0.6) is 5.75 Å². The minimum absolute atomic E-state index is 0.259. The van der Waals surface area contributed by atoms with Crippen molar-refractivity contribution in [1.82, 2.24) is 0 Å². The maximum absolute atomic E-state index is 6.30. The number of rotatable bonds is 3. The van der Waals surface area contributed by atoms with E-state index >= 15 is 0 Å². The van der Waals surface area contributed by atoms with E-state index in [9.17, 15) is 0 Å². The molecule has 0 fully saturated rings. The zero-order valence-electron chi connectivity index (χ0n) is 10.8. The van der Waals surface area contributed by atoms with E-state index < -0.39 is 0 Å². The molecule has 2 aromatic rings. The average Bonchev–Trinajstić information content (AvgIpc) is 2.41. The lowest BCUT2D eigenvalue weighted by Crippen LogP contribution is -2.13. The molecule has 1 atom stereocenters. The monoisotopic (exact) mass is 295 g/mol. The molecule has 0 aromatic heterocycles. The van der Waals surface area contributed by atoms with E-state index in [1.165, 1.54) is 0 Å². The van der Waals surface area contributed by atoms with Gasteiger partial charge in [-0.1, -0.05) is 35.3 Å². The van der Waals surface area contributed by atoms with Crippen LogP contribution >= 0.6 is 23.2 Å². The number of hydrogen-bond donors (Lipinski definition) is 1. The molecule has 0 heterocycles. The van der Waals surface area contributed by atoms with Crippen LogP contribution in [0.1, 0.15) is 22.7 Å². The zero-order chi connectivity index (χ0) is 14.0. The summed E-state index contributed by atoms with van der Waals surface area (Å²) in [6.07, 6.45) is 0. The molecule has 2 N–H and O–H groups in total. The van der Waals surface area contributed by atoms with Crippen molar-refractivity contribution in [2.24, 2.45) is 5.73 Å². The van der Waals surface area contributed by atoms with Crippen LogP contribution in [0.4, 0.5) is 0 Å². The summed E-state index contributed by atoms with van der Waals surface area (Å²) < 4.78 is 5.21. The Bertz CT molecular complexity index is 599. The van der Waals surface area contributed by atoms with Crippen molar-refractivity contribution in [2.45, 2.75) is 13.0 Å². The molecule has 2 rings (SSSR count). The number of ether oxygens (including phenoxy) is 1. The molecule has 0 aliphatic rings. The van der Waals surface area contributed by atoms with Crippen LogP contribution in [0.3, 0.4) is 0 Å². The number of methoxy groups -OCH3 is 1. The van der Waals surface area contributed by atoms with Gasteiger partial charge in [-0.25, -0.2) is 0 Å². The highest BCUT2D eigenvalue weighted by Gasteiger charge is 2.14. The lowest BCUT2D eigenvalue weighted by molar-refractivity contribution is 0.414. The largest absolute Gasteiger partial charge is 0.495 e. The third kappa shape index (κ3) is 3.03. The molecule has 0 saturated carbocycles. The molecule has 0 bridgehead atoms. The topological polar surface area (TPSA) is 35.2 Å². The first-order valence-corrected chi connectivity index (χ1v) is 6.63. The van der Waals surface area contributed by atoms with Gasteiger partial charge in [0.15, 0.2) is 0 Å². The van der Waals surface area contributed by atoms with Gasteiger partial charge in [0.2, 0.25) is 0 Å². The summed E-state index contributed by atoms with van der Waals surface area (Å²) in [4.78, 5) is 0. The van der Waals surface area contributed by atoms with Gasteiger partial charge in [-0.3, -0.25) is 0 Å². The normalized spacial score (nSPS) is 12.3. The Hall–Kier alpha value is -1.22. The van der Waals surface area contributed by atoms with Crippen molar-refractivity contribution in [2.75, 3.05) is 7.11 Å². The maximum Gasteiger partial charge on any atom is 0.137 e. The number of aryl methyl sites for hydroxylation is 1. The molecule has 2 nitrogen and oxygen atoms in total. The van der Waals surface area contributed by atoms with Crippen LogP contribution in [-0.2, 0) is 0 Å². The van der Waals surface area contributed by atoms with Crippen LogP contribution in [0, 0.1) is 6.92 Å². The summed E-state index contributed by atoms with van der Waals surface area (Å²) in [6.45, 7) is 2.01. The molecule has 0 saturated heterocycles. The fourth-order valence-electron chi connectivity index (χ4n) is 2.00. The van der Waals surface area contributed by atoms with Crippen molar-refractivity contribution in [3.63, 3.8) is 0 Å². The predicted octanol–water partition coefficient (Wildman–Crippen LogP) is 4.36. The van der Waals surface area contributed by atoms with E-state index in [4.69, 9.17) is 33.7 Å². The Morgan fingerprint density at radius 3 is 2.53 bits per heavy atom. The van der Waals surface area contributed by atoms with Crippen LogP contribution < -0.4 is 10.5 Å². The minimum Gasteiger partial charge on any atom is -0.495 e. The summed E-state index contributed by atoms with van der Waals surface area (Å²) >= 11 is 12.0.